The van der Waals surface area contributed by atoms with Gasteiger partial charge in [-0.3, -0.25) is 19.6 Å². The van der Waals surface area contributed by atoms with Gasteiger partial charge in [-0.1, -0.05) is 12.1 Å². The molecule has 0 radical (unpaired) electrons. The minimum atomic E-state index is -0.451. The van der Waals surface area contributed by atoms with Crippen molar-refractivity contribution in [3.05, 3.63) is 64.0 Å². The molecule has 114 valence electrons. The number of hydrogen-bond donors (Lipinski definition) is 0. The largest absolute Gasteiger partial charge is 0.338 e. The van der Waals surface area contributed by atoms with Gasteiger partial charge in [-0.05, 0) is 11.6 Å². The predicted molar refractivity (Wildman–Crippen MR) is 81.8 cm³/mol. The summed E-state index contributed by atoms with van der Waals surface area (Å²) in [6, 6.07) is 6.25. The number of nitro benzene ring substituents is 1. The molecule has 0 N–H and O–H groups in total. The molecule has 0 saturated heterocycles. The monoisotopic (exact) mass is 300 g/mol. The number of aryl methyl sites for hydroxylation is 1. The summed E-state index contributed by atoms with van der Waals surface area (Å²) in [7, 11) is 3.45. The van der Waals surface area contributed by atoms with Gasteiger partial charge in [0.25, 0.3) is 5.69 Å². The summed E-state index contributed by atoms with van der Waals surface area (Å²) in [5.74, 6) is -0.185. The highest BCUT2D eigenvalue weighted by molar-refractivity contribution is 5.91. The number of amides is 1. The molecular weight excluding hydrogens is 284 g/mol. The van der Waals surface area contributed by atoms with E-state index < -0.39 is 4.92 Å². The first-order valence-corrected chi connectivity index (χ1v) is 6.61. The van der Waals surface area contributed by atoms with Gasteiger partial charge in [0.1, 0.15) is 0 Å². The molecule has 0 aliphatic rings. The average Bonchev–Trinajstić information content (AvgIpc) is 2.90. The molecule has 1 heterocycles. The van der Waals surface area contributed by atoms with Gasteiger partial charge in [-0.2, -0.15) is 5.10 Å². The van der Waals surface area contributed by atoms with Crippen LogP contribution in [0.25, 0.3) is 6.08 Å². The topological polar surface area (TPSA) is 81.3 Å². The molecule has 1 aromatic heterocycles. The van der Waals surface area contributed by atoms with Gasteiger partial charge in [0.2, 0.25) is 5.91 Å². The van der Waals surface area contributed by atoms with E-state index >= 15 is 0 Å². The molecule has 1 amide bonds. The van der Waals surface area contributed by atoms with Gasteiger partial charge in [0.15, 0.2) is 0 Å². The van der Waals surface area contributed by atoms with E-state index in [1.54, 1.807) is 49.4 Å². The summed E-state index contributed by atoms with van der Waals surface area (Å²) in [4.78, 5) is 23.8. The minimum absolute atomic E-state index is 0.0178. The molecule has 0 bridgehead atoms. The van der Waals surface area contributed by atoms with E-state index in [0.29, 0.717) is 12.1 Å². The first kappa shape index (κ1) is 15.4. The van der Waals surface area contributed by atoms with E-state index in [1.807, 2.05) is 0 Å². The third-order valence-corrected chi connectivity index (χ3v) is 3.06. The van der Waals surface area contributed by atoms with Gasteiger partial charge in [0.05, 0.1) is 11.1 Å². The number of hydrogen-bond acceptors (Lipinski definition) is 4. The highest BCUT2D eigenvalue weighted by Crippen LogP contribution is 2.14. The molecule has 22 heavy (non-hydrogen) atoms. The van der Waals surface area contributed by atoms with Gasteiger partial charge in [0, 0.05) is 50.6 Å². The zero-order valence-electron chi connectivity index (χ0n) is 12.3. The Morgan fingerprint density at radius 2 is 2.27 bits per heavy atom. The molecule has 1 aromatic carbocycles. The van der Waals surface area contributed by atoms with Crippen LogP contribution in [0, 0.1) is 10.1 Å². The SMILES string of the molecule is CN(Cc1cccc([N+](=O)[O-])c1)C(=O)/C=C/c1cnn(C)c1. The lowest BCUT2D eigenvalue weighted by atomic mass is 10.2. The summed E-state index contributed by atoms with van der Waals surface area (Å²) in [5, 5.41) is 14.8. The lowest BCUT2D eigenvalue weighted by Crippen LogP contribution is -2.24. The molecule has 0 atom stereocenters. The molecule has 2 aromatic rings. The quantitative estimate of drug-likeness (QED) is 0.480. The number of likely N-dealkylation sites (N-methyl/N-ethyl adjacent to an activating group) is 1. The normalized spacial score (nSPS) is 10.8. The van der Waals surface area contributed by atoms with E-state index in [4.69, 9.17) is 0 Å². The Hall–Kier alpha value is -2.96. The van der Waals surface area contributed by atoms with E-state index in [-0.39, 0.29) is 11.6 Å². The number of nitrogens with zero attached hydrogens (tertiary/aromatic N) is 4. The van der Waals surface area contributed by atoms with Crippen LogP contribution in [-0.4, -0.2) is 32.6 Å². The van der Waals surface area contributed by atoms with Crippen molar-refractivity contribution in [2.45, 2.75) is 6.54 Å². The zero-order valence-corrected chi connectivity index (χ0v) is 12.3. The average molecular weight is 300 g/mol. The number of benzene rings is 1. The van der Waals surface area contributed by atoms with Crippen molar-refractivity contribution in [3.63, 3.8) is 0 Å². The van der Waals surface area contributed by atoms with Crippen LogP contribution in [0.5, 0.6) is 0 Å². The fourth-order valence-electron chi connectivity index (χ4n) is 1.94. The second kappa shape index (κ2) is 6.66. The van der Waals surface area contributed by atoms with Crippen molar-refractivity contribution < 1.29 is 9.72 Å². The maximum atomic E-state index is 12.0. The van der Waals surface area contributed by atoms with E-state index in [2.05, 4.69) is 5.10 Å². The van der Waals surface area contributed by atoms with E-state index in [9.17, 15) is 14.9 Å². The molecule has 0 unspecified atom stereocenters. The number of rotatable bonds is 5. The summed E-state index contributed by atoms with van der Waals surface area (Å²) in [6.07, 6.45) is 6.59. The predicted octanol–water partition coefficient (Wildman–Crippen LogP) is 2.00. The van der Waals surface area contributed by atoms with Crippen molar-refractivity contribution in [2.24, 2.45) is 7.05 Å². The maximum Gasteiger partial charge on any atom is 0.269 e. The number of nitro groups is 1. The van der Waals surface area contributed by atoms with Crippen molar-refractivity contribution in [1.29, 1.82) is 0 Å². The highest BCUT2D eigenvalue weighted by Gasteiger charge is 2.09. The van der Waals surface area contributed by atoms with Crippen molar-refractivity contribution >= 4 is 17.7 Å². The van der Waals surface area contributed by atoms with Crippen LogP contribution in [-0.2, 0) is 18.4 Å². The standard InChI is InChI=1S/C15H16N4O3/c1-17(10-12-4-3-5-14(8-12)19(21)22)15(20)7-6-13-9-16-18(2)11-13/h3-9,11H,10H2,1-2H3/b7-6+. The molecule has 7 nitrogen and oxygen atoms in total. The lowest BCUT2D eigenvalue weighted by Gasteiger charge is -2.14. The lowest BCUT2D eigenvalue weighted by molar-refractivity contribution is -0.384. The molecule has 0 saturated carbocycles. The van der Waals surface area contributed by atoms with Gasteiger partial charge < -0.3 is 4.90 Å². The van der Waals surface area contributed by atoms with Crippen LogP contribution in [0.1, 0.15) is 11.1 Å². The van der Waals surface area contributed by atoms with Crippen LogP contribution in [0.3, 0.4) is 0 Å². The zero-order chi connectivity index (χ0) is 16.1. The van der Waals surface area contributed by atoms with Gasteiger partial charge >= 0.3 is 0 Å². The Balaban J connectivity index is 2.00. The summed E-state index contributed by atoms with van der Waals surface area (Å²) >= 11 is 0. The van der Waals surface area contributed by atoms with Crippen molar-refractivity contribution in [1.82, 2.24) is 14.7 Å². The maximum absolute atomic E-state index is 12.0. The van der Waals surface area contributed by atoms with Crippen LogP contribution in [0.4, 0.5) is 5.69 Å². The Kier molecular flexibility index (Phi) is 4.67. The minimum Gasteiger partial charge on any atom is -0.338 e. The van der Waals surface area contributed by atoms with Crippen LogP contribution in [0.15, 0.2) is 42.7 Å². The van der Waals surface area contributed by atoms with Crippen LogP contribution < -0.4 is 0 Å². The number of non-ortho nitro benzene ring substituents is 1. The molecule has 0 aliphatic carbocycles. The molecule has 2 rings (SSSR count). The van der Waals surface area contributed by atoms with Gasteiger partial charge in [-0.25, -0.2) is 0 Å². The molecule has 0 fully saturated rings. The van der Waals surface area contributed by atoms with Gasteiger partial charge in [-0.15, -0.1) is 0 Å². The first-order chi connectivity index (χ1) is 10.5. The molecule has 7 heteroatoms. The molecule has 0 spiro atoms. The Bertz CT molecular complexity index is 721. The summed E-state index contributed by atoms with van der Waals surface area (Å²) in [6.45, 7) is 0.303. The Morgan fingerprint density at radius 1 is 1.50 bits per heavy atom. The molecule has 0 aliphatic heterocycles. The highest BCUT2D eigenvalue weighted by atomic mass is 16.6. The second-order valence-electron chi connectivity index (χ2n) is 4.90. The summed E-state index contributed by atoms with van der Waals surface area (Å²) < 4.78 is 1.65. The molecular formula is C15H16N4O3. The van der Waals surface area contributed by atoms with Crippen LogP contribution >= 0.6 is 0 Å². The first-order valence-electron chi connectivity index (χ1n) is 6.61. The third-order valence-electron chi connectivity index (χ3n) is 3.06. The van der Waals surface area contributed by atoms with Crippen LogP contribution in [0.2, 0.25) is 0 Å². The number of carbonyl (C=O) groups excluding carboxylic acids is 1. The number of carbonyl (C=O) groups is 1. The fraction of sp³-hybridized carbons (Fsp3) is 0.200. The van der Waals surface area contributed by atoms with E-state index in [0.717, 1.165) is 5.56 Å². The summed E-state index contributed by atoms with van der Waals surface area (Å²) in [5.41, 5.74) is 1.56. The van der Waals surface area contributed by atoms with Crippen molar-refractivity contribution in [2.75, 3.05) is 7.05 Å². The van der Waals surface area contributed by atoms with E-state index in [1.165, 1.54) is 23.1 Å². The van der Waals surface area contributed by atoms with Crippen molar-refractivity contribution in [3.8, 4) is 0 Å². The Morgan fingerprint density at radius 3 is 2.91 bits per heavy atom. The smallest absolute Gasteiger partial charge is 0.269 e. The second-order valence-corrected chi connectivity index (χ2v) is 4.90. The Labute approximate surface area is 127 Å². The number of aromatic nitrogens is 2. The fourth-order valence-corrected chi connectivity index (χ4v) is 1.94. The third kappa shape index (κ3) is 4.02.